The van der Waals surface area contributed by atoms with Crippen molar-refractivity contribution < 1.29 is 0 Å². The van der Waals surface area contributed by atoms with Crippen LogP contribution in [0.15, 0.2) is 48.5 Å². The van der Waals surface area contributed by atoms with Crippen LogP contribution in [0, 0.1) is 0 Å². The first-order chi connectivity index (χ1) is 8.83. The fraction of sp³-hybridized carbons (Fsp3) is 0.250. The number of benzene rings is 2. The van der Waals surface area contributed by atoms with E-state index in [1.54, 1.807) is 0 Å². The van der Waals surface area contributed by atoms with Crippen LogP contribution in [0.4, 0.5) is 11.4 Å². The summed E-state index contributed by atoms with van der Waals surface area (Å²) in [6.07, 6.45) is 2.23. The predicted molar refractivity (Wildman–Crippen MR) is 76.9 cm³/mol. The molecule has 0 aromatic heterocycles. The Bertz CT molecular complexity index is 521. The molecule has 2 aromatic rings. The van der Waals surface area contributed by atoms with Crippen molar-refractivity contribution in [3.8, 4) is 0 Å². The number of hydrogen-bond acceptors (Lipinski definition) is 2. The van der Waals surface area contributed by atoms with Crippen molar-refractivity contribution in [3.05, 3.63) is 59.7 Å². The molecule has 3 rings (SSSR count). The molecule has 0 saturated carbocycles. The third kappa shape index (κ3) is 2.19. The fourth-order valence-electron chi connectivity index (χ4n) is 2.65. The van der Waals surface area contributed by atoms with Crippen LogP contribution in [-0.2, 0) is 12.8 Å². The zero-order chi connectivity index (χ0) is 12.4. The van der Waals surface area contributed by atoms with Gasteiger partial charge in [0.2, 0.25) is 0 Å². The van der Waals surface area contributed by atoms with Crippen LogP contribution in [0.2, 0.25) is 0 Å². The number of fused-ring (bicyclic) bond motifs is 1. The molecule has 0 unspecified atom stereocenters. The summed E-state index contributed by atoms with van der Waals surface area (Å²) in [4.78, 5) is 2.43. The molecule has 1 aliphatic heterocycles. The molecule has 92 valence electrons. The highest BCUT2D eigenvalue weighted by molar-refractivity contribution is 5.56. The lowest BCUT2D eigenvalue weighted by atomic mass is 10.0. The highest BCUT2D eigenvalue weighted by Crippen LogP contribution is 2.22. The summed E-state index contributed by atoms with van der Waals surface area (Å²) in [6.45, 7) is 2.14. The maximum Gasteiger partial charge on any atom is 0.0387 e. The van der Waals surface area contributed by atoms with Gasteiger partial charge in [0.05, 0.1) is 0 Å². The van der Waals surface area contributed by atoms with Crippen LogP contribution in [0.5, 0.6) is 0 Å². The van der Waals surface area contributed by atoms with Gasteiger partial charge < -0.3 is 10.6 Å². The van der Waals surface area contributed by atoms with Crippen molar-refractivity contribution >= 4 is 11.4 Å². The van der Waals surface area contributed by atoms with Crippen LogP contribution in [0.25, 0.3) is 0 Å². The summed E-state index contributed by atoms with van der Waals surface area (Å²) in [5.74, 6) is 0. The summed E-state index contributed by atoms with van der Waals surface area (Å²) in [6, 6.07) is 16.9. The molecule has 18 heavy (non-hydrogen) atoms. The standard InChI is InChI=1S/C16H18N2/c17-15-6-3-7-16(12-15)18-10-8-13-4-1-2-5-14(13)9-11-18/h1-7,12H,8-11,17H2. The van der Waals surface area contributed by atoms with Crippen molar-refractivity contribution in [3.63, 3.8) is 0 Å². The number of nitrogen functional groups attached to an aromatic ring is 1. The largest absolute Gasteiger partial charge is 0.399 e. The molecule has 0 amide bonds. The first-order valence-corrected chi connectivity index (χ1v) is 6.50. The zero-order valence-corrected chi connectivity index (χ0v) is 10.5. The minimum absolute atomic E-state index is 0.842. The highest BCUT2D eigenvalue weighted by Gasteiger charge is 2.13. The van der Waals surface area contributed by atoms with E-state index in [4.69, 9.17) is 5.73 Å². The Hall–Kier alpha value is -1.96. The molecule has 0 radical (unpaired) electrons. The minimum atomic E-state index is 0.842. The minimum Gasteiger partial charge on any atom is -0.399 e. The molecule has 1 aliphatic rings. The predicted octanol–water partition coefficient (Wildman–Crippen LogP) is 2.87. The van der Waals surface area contributed by atoms with Gasteiger partial charge in [0.1, 0.15) is 0 Å². The number of nitrogens with two attached hydrogens (primary N) is 1. The normalized spacial score (nSPS) is 15.0. The fourth-order valence-corrected chi connectivity index (χ4v) is 2.65. The lowest BCUT2D eigenvalue weighted by Gasteiger charge is -2.22. The molecule has 0 spiro atoms. The Balaban J connectivity index is 1.83. The van der Waals surface area contributed by atoms with Crippen molar-refractivity contribution in [1.82, 2.24) is 0 Å². The topological polar surface area (TPSA) is 29.3 Å². The smallest absolute Gasteiger partial charge is 0.0387 e. The molecule has 0 bridgehead atoms. The Morgan fingerprint density at radius 3 is 2.11 bits per heavy atom. The number of rotatable bonds is 1. The second-order valence-electron chi connectivity index (χ2n) is 4.85. The monoisotopic (exact) mass is 238 g/mol. The molecule has 0 saturated heterocycles. The van der Waals surface area contributed by atoms with E-state index >= 15 is 0 Å². The van der Waals surface area contributed by atoms with Gasteiger partial charge >= 0.3 is 0 Å². The van der Waals surface area contributed by atoms with Crippen molar-refractivity contribution in [2.24, 2.45) is 0 Å². The van der Waals surface area contributed by atoms with E-state index < -0.39 is 0 Å². The second kappa shape index (κ2) is 4.73. The number of hydrogen-bond donors (Lipinski definition) is 1. The molecule has 2 nitrogen and oxygen atoms in total. The van der Waals surface area contributed by atoms with Crippen molar-refractivity contribution in [1.29, 1.82) is 0 Å². The molecule has 2 N–H and O–H groups in total. The Kier molecular flexibility index (Phi) is 2.93. The first-order valence-electron chi connectivity index (χ1n) is 6.50. The lowest BCUT2D eigenvalue weighted by Crippen LogP contribution is -2.25. The number of nitrogens with zero attached hydrogens (tertiary/aromatic N) is 1. The summed E-state index contributed by atoms with van der Waals surface area (Å²) >= 11 is 0. The Morgan fingerprint density at radius 1 is 0.833 bits per heavy atom. The van der Waals surface area contributed by atoms with E-state index in [9.17, 15) is 0 Å². The lowest BCUT2D eigenvalue weighted by molar-refractivity contribution is 0.806. The average Bonchev–Trinajstić information content (AvgIpc) is 2.61. The summed E-state index contributed by atoms with van der Waals surface area (Å²) in [5, 5.41) is 0. The molecular weight excluding hydrogens is 220 g/mol. The highest BCUT2D eigenvalue weighted by atomic mass is 15.1. The summed E-state index contributed by atoms with van der Waals surface area (Å²) in [5.41, 5.74) is 10.9. The molecule has 0 aliphatic carbocycles. The van der Waals surface area contributed by atoms with Gasteiger partial charge in [-0.3, -0.25) is 0 Å². The average molecular weight is 238 g/mol. The van der Waals surface area contributed by atoms with Gasteiger partial charge in [0.25, 0.3) is 0 Å². The molecule has 2 aromatic carbocycles. The van der Waals surface area contributed by atoms with Crippen LogP contribution < -0.4 is 10.6 Å². The zero-order valence-electron chi connectivity index (χ0n) is 10.5. The second-order valence-corrected chi connectivity index (χ2v) is 4.85. The molecule has 0 atom stereocenters. The third-order valence-corrected chi connectivity index (χ3v) is 3.66. The van der Waals surface area contributed by atoms with Crippen LogP contribution in [0.3, 0.4) is 0 Å². The summed E-state index contributed by atoms with van der Waals surface area (Å²) in [7, 11) is 0. The Labute approximate surface area is 108 Å². The van der Waals surface area contributed by atoms with E-state index in [-0.39, 0.29) is 0 Å². The molecule has 2 heteroatoms. The summed E-state index contributed by atoms with van der Waals surface area (Å²) < 4.78 is 0. The van der Waals surface area contributed by atoms with Gasteiger partial charge in [0, 0.05) is 24.5 Å². The van der Waals surface area contributed by atoms with Gasteiger partial charge in [-0.15, -0.1) is 0 Å². The van der Waals surface area contributed by atoms with E-state index in [0.717, 1.165) is 31.6 Å². The van der Waals surface area contributed by atoms with E-state index in [1.165, 1.54) is 16.8 Å². The van der Waals surface area contributed by atoms with E-state index in [1.807, 2.05) is 12.1 Å². The molecule has 1 heterocycles. The van der Waals surface area contributed by atoms with E-state index in [2.05, 4.69) is 41.3 Å². The van der Waals surface area contributed by atoms with Gasteiger partial charge in [-0.05, 0) is 42.2 Å². The SMILES string of the molecule is Nc1cccc(N2CCc3ccccc3CC2)c1. The first kappa shape index (κ1) is 11.1. The quantitative estimate of drug-likeness (QED) is 0.774. The number of anilines is 2. The maximum absolute atomic E-state index is 5.86. The third-order valence-electron chi connectivity index (χ3n) is 3.66. The van der Waals surface area contributed by atoms with Gasteiger partial charge in [-0.2, -0.15) is 0 Å². The maximum atomic E-state index is 5.86. The van der Waals surface area contributed by atoms with Gasteiger partial charge in [0.15, 0.2) is 0 Å². The van der Waals surface area contributed by atoms with Crippen molar-refractivity contribution in [2.45, 2.75) is 12.8 Å². The Morgan fingerprint density at radius 2 is 1.50 bits per heavy atom. The molecular formula is C16H18N2. The molecule has 0 fully saturated rings. The van der Waals surface area contributed by atoms with Crippen LogP contribution in [-0.4, -0.2) is 13.1 Å². The van der Waals surface area contributed by atoms with Gasteiger partial charge in [-0.25, -0.2) is 0 Å². The van der Waals surface area contributed by atoms with Gasteiger partial charge in [-0.1, -0.05) is 30.3 Å². The van der Waals surface area contributed by atoms with Crippen LogP contribution >= 0.6 is 0 Å². The van der Waals surface area contributed by atoms with E-state index in [0.29, 0.717) is 0 Å². The van der Waals surface area contributed by atoms with Crippen molar-refractivity contribution in [2.75, 3.05) is 23.7 Å². The van der Waals surface area contributed by atoms with Crippen LogP contribution in [0.1, 0.15) is 11.1 Å².